The van der Waals surface area contributed by atoms with Crippen molar-refractivity contribution < 1.29 is 5.11 Å². The molecule has 0 aliphatic carbocycles. The number of hydrogen-bond donors (Lipinski definition) is 2. The Labute approximate surface area is 136 Å². The number of nitrogens with two attached hydrogens (primary N) is 1. The van der Waals surface area contributed by atoms with Gasteiger partial charge in [0.05, 0.1) is 11.1 Å². The Morgan fingerprint density at radius 3 is 2.20 bits per heavy atom. The maximum Gasteiger partial charge on any atom is 0.0871 e. The fourth-order valence-corrected chi connectivity index (χ4v) is 2.65. The highest BCUT2D eigenvalue weighted by molar-refractivity contribution is 9.10. The Morgan fingerprint density at radius 1 is 1.05 bits per heavy atom. The molecule has 0 spiro atoms. The standard InChI is InChI=1S/C15H14BrCl2NO/c16-13-6-3-10(7-14(13)18)15(20)12(8-19)9-1-4-11(17)5-2-9/h1-7,12,15,20H,8,19H2. The first kappa shape index (κ1) is 15.8. The van der Waals surface area contributed by atoms with E-state index in [1.54, 1.807) is 18.2 Å². The minimum Gasteiger partial charge on any atom is -0.388 e. The van der Waals surface area contributed by atoms with Crippen LogP contribution in [0.3, 0.4) is 0 Å². The van der Waals surface area contributed by atoms with Gasteiger partial charge in [0.2, 0.25) is 0 Å². The molecule has 2 nitrogen and oxygen atoms in total. The predicted molar refractivity (Wildman–Crippen MR) is 87.4 cm³/mol. The molecule has 2 unspecified atom stereocenters. The first-order chi connectivity index (χ1) is 9.52. The third-order valence-corrected chi connectivity index (χ3v) is 4.70. The Kier molecular flexibility index (Phi) is 5.47. The van der Waals surface area contributed by atoms with Crippen molar-refractivity contribution in [3.05, 3.63) is 68.1 Å². The van der Waals surface area contributed by atoms with Gasteiger partial charge >= 0.3 is 0 Å². The molecule has 0 saturated carbocycles. The third-order valence-electron chi connectivity index (χ3n) is 3.22. The van der Waals surface area contributed by atoms with Gasteiger partial charge in [0.1, 0.15) is 0 Å². The predicted octanol–water partition coefficient (Wildman–Crippen LogP) is 4.53. The fourth-order valence-electron chi connectivity index (χ4n) is 2.09. The largest absolute Gasteiger partial charge is 0.388 e. The highest BCUT2D eigenvalue weighted by Gasteiger charge is 2.22. The molecular weight excluding hydrogens is 361 g/mol. The van der Waals surface area contributed by atoms with Gasteiger partial charge in [-0.1, -0.05) is 41.4 Å². The lowest BCUT2D eigenvalue weighted by Gasteiger charge is -2.22. The summed E-state index contributed by atoms with van der Waals surface area (Å²) >= 11 is 15.3. The van der Waals surface area contributed by atoms with Crippen molar-refractivity contribution in [2.45, 2.75) is 12.0 Å². The third kappa shape index (κ3) is 3.54. The van der Waals surface area contributed by atoms with Crippen LogP contribution in [0.2, 0.25) is 10.0 Å². The summed E-state index contributed by atoms with van der Waals surface area (Å²) in [5.41, 5.74) is 7.50. The van der Waals surface area contributed by atoms with Gasteiger partial charge in [-0.2, -0.15) is 0 Å². The van der Waals surface area contributed by atoms with Gasteiger partial charge in [0.25, 0.3) is 0 Å². The van der Waals surface area contributed by atoms with E-state index >= 15 is 0 Å². The fraction of sp³-hybridized carbons (Fsp3) is 0.200. The van der Waals surface area contributed by atoms with E-state index < -0.39 is 6.10 Å². The number of aliphatic hydroxyl groups is 1. The number of halogens is 3. The van der Waals surface area contributed by atoms with E-state index in [2.05, 4.69) is 15.9 Å². The van der Waals surface area contributed by atoms with Crippen molar-refractivity contribution in [1.82, 2.24) is 0 Å². The summed E-state index contributed by atoms with van der Waals surface area (Å²) in [4.78, 5) is 0. The molecule has 0 bridgehead atoms. The van der Waals surface area contributed by atoms with Crippen LogP contribution in [0, 0.1) is 0 Å². The first-order valence-corrected chi connectivity index (χ1v) is 7.66. The highest BCUT2D eigenvalue weighted by Crippen LogP contribution is 2.33. The minimum absolute atomic E-state index is 0.204. The summed E-state index contributed by atoms with van der Waals surface area (Å²) in [6.45, 7) is 0.330. The molecular formula is C15H14BrCl2NO. The van der Waals surface area contributed by atoms with Gasteiger partial charge in [-0.25, -0.2) is 0 Å². The Morgan fingerprint density at radius 2 is 1.65 bits per heavy atom. The molecule has 0 fully saturated rings. The van der Waals surface area contributed by atoms with Gasteiger partial charge in [-0.15, -0.1) is 0 Å². The van der Waals surface area contributed by atoms with Crippen molar-refractivity contribution >= 4 is 39.1 Å². The maximum atomic E-state index is 10.5. The van der Waals surface area contributed by atoms with Crippen LogP contribution < -0.4 is 5.73 Å². The number of rotatable bonds is 4. The molecule has 106 valence electrons. The SMILES string of the molecule is NCC(c1ccc(Cl)cc1)C(O)c1ccc(Br)c(Cl)c1. The zero-order valence-corrected chi connectivity index (χ0v) is 13.7. The summed E-state index contributed by atoms with van der Waals surface area (Å²) in [5.74, 6) is -0.204. The van der Waals surface area contributed by atoms with Crippen molar-refractivity contribution in [2.75, 3.05) is 6.54 Å². The first-order valence-electron chi connectivity index (χ1n) is 6.11. The van der Waals surface area contributed by atoms with Crippen molar-refractivity contribution in [1.29, 1.82) is 0 Å². The molecule has 2 atom stereocenters. The topological polar surface area (TPSA) is 46.2 Å². The number of hydrogen-bond acceptors (Lipinski definition) is 2. The van der Waals surface area contributed by atoms with Crippen LogP contribution in [-0.4, -0.2) is 11.7 Å². The molecule has 0 saturated heterocycles. The molecule has 0 aliphatic rings. The second-order valence-corrected chi connectivity index (χ2v) is 6.21. The van der Waals surface area contributed by atoms with Gasteiger partial charge in [-0.3, -0.25) is 0 Å². The van der Waals surface area contributed by atoms with Gasteiger partial charge in [0, 0.05) is 22.0 Å². The van der Waals surface area contributed by atoms with E-state index in [1.807, 2.05) is 24.3 Å². The van der Waals surface area contributed by atoms with E-state index in [1.165, 1.54) is 0 Å². The van der Waals surface area contributed by atoms with Crippen molar-refractivity contribution in [3.63, 3.8) is 0 Å². The summed E-state index contributed by atoms with van der Waals surface area (Å²) < 4.78 is 0.797. The van der Waals surface area contributed by atoms with Crippen LogP contribution in [0.5, 0.6) is 0 Å². The quantitative estimate of drug-likeness (QED) is 0.825. The molecule has 20 heavy (non-hydrogen) atoms. The molecule has 3 N–H and O–H groups in total. The number of aliphatic hydroxyl groups excluding tert-OH is 1. The van der Waals surface area contributed by atoms with Crippen LogP contribution in [0.4, 0.5) is 0 Å². The average molecular weight is 375 g/mol. The molecule has 0 amide bonds. The Hall–Kier alpha value is -0.580. The normalized spacial score (nSPS) is 14.1. The molecule has 5 heteroatoms. The van der Waals surface area contributed by atoms with Crippen molar-refractivity contribution in [2.24, 2.45) is 5.73 Å². The molecule has 2 rings (SSSR count). The molecule has 0 heterocycles. The zero-order valence-electron chi connectivity index (χ0n) is 10.6. The van der Waals surface area contributed by atoms with Crippen LogP contribution in [0.15, 0.2) is 46.9 Å². The maximum absolute atomic E-state index is 10.5. The van der Waals surface area contributed by atoms with Gasteiger partial charge < -0.3 is 10.8 Å². The van der Waals surface area contributed by atoms with E-state index in [0.717, 1.165) is 15.6 Å². The summed E-state index contributed by atoms with van der Waals surface area (Å²) in [7, 11) is 0. The average Bonchev–Trinajstić information content (AvgIpc) is 2.44. The van der Waals surface area contributed by atoms with Crippen LogP contribution in [-0.2, 0) is 0 Å². The molecule has 2 aromatic rings. The Balaban J connectivity index is 2.30. The van der Waals surface area contributed by atoms with Crippen LogP contribution in [0.25, 0.3) is 0 Å². The molecule has 2 aromatic carbocycles. The summed E-state index contributed by atoms with van der Waals surface area (Å²) in [6.07, 6.45) is -0.716. The minimum atomic E-state index is -0.716. The zero-order chi connectivity index (χ0) is 14.7. The monoisotopic (exact) mass is 373 g/mol. The second-order valence-electron chi connectivity index (χ2n) is 4.51. The van der Waals surface area contributed by atoms with Crippen LogP contribution in [0.1, 0.15) is 23.1 Å². The van der Waals surface area contributed by atoms with Crippen LogP contribution >= 0.6 is 39.1 Å². The number of benzene rings is 2. The van der Waals surface area contributed by atoms with E-state index in [0.29, 0.717) is 16.6 Å². The molecule has 0 aromatic heterocycles. The molecule has 0 radical (unpaired) electrons. The lowest BCUT2D eigenvalue weighted by molar-refractivity contribution is 0.147. The summed E-state index contributed by atoms with van der Waals surface area (Å²) in [5, 5.41) is 11.8. The molecule has 0 aliphatic heterocycles. The van der Waals surface area contributed by atoms with Crippen molar-refractivity contribution in [3.8, 4) is 0 Å². The highest BCUT2D eigenvalue weighted by atomic mass is 79.9. The van der Waals surface area contributed by atoms with E-state index in [9.17, 15) is 5.11 Å². The van der Waals surface area contributed by atoms with E-state index in [4.69, 9.17) is 28.9 Å². The second kappa shape index (κ2) is 6.92. The van der Waals surface area contributed by atoms with E-state index in [-0.39, 0.29) is 5.92 Å². The lowest BCUT2D eigenvalue weighted by atomic mass is 9.89. The van der Waals surface area contributed by atoms with Gasteiger partial charge in [0.15, 0.2) is 0 Å². The Bertz CT molecular complexity index is 589. The van der Waals surface area contributed by atoms with Gasteiger partial charge in [-0.05, 0) is 51.3 Å². The smallest absolute Gasteiger partial charge is 0.0871 e. The lowest BCUT2D eigenvalue weighted by Crippen LogP contribution is -2.20. The summed E-state index contributed by atoms with van der Waals surface area (Å²) in [6, 6.07) is 12.7.